The molecule has 27 heavy (non-hydrogen) atoms. The first-order valence-corrected chi connectivity index (χ1v) is 9.98. The first-order valence-electron chi connectivity index (χ1n) is 9.98. The zero-order valence-corrected chi connectivity index (χ0v) is 18.8. The summed E-state index contributed by atoms with van der Waals surface area (Å²) in [5.41, 5.74) is 0.0106. The van der Waals surface area contributed by atoms with E-state index in [4.69, 9.17) is 4.74 Å². The molecule has 0 aromatic rings. The van der Waals surface area contributed by atoms with Gasteiger partial charge in [-0.15, -0.1) is 24.0 Å². The zero-order chi connectivity index (χ0) is 18.9. The maximum absolute atomic E-state index is 13.3. The van der Waals surface area contributed by atoms with Gasteiger partial charge in [0.2, 0.25) is 0 Å². The van der Waals surface area contributed by atoms with E-state index in [1.54, 1.807) is 0 Å². The molecule has 0 amide bonds. The lowest BCUT2D eigenvalue weighted by Crippen LogP contribution is -2.68. The molecule has 2 saturated carbocycles. The Hall–Kier alpha value is -0.250. The van der Waals surface area contributed by atoms with Crippen molar-refractivity contribution in [3.05, 3.63) is 0 Å². The van der Waals surface area contributed by atoms with Gasteiger partial charge in [-0.2, -0.15) is 13.2 Å². The van der Waals surface area contributed by atoms with Crippen molar-refractivity contribution in [2.24, 2.45) is 28.2 Å². The molecule has 0 spiro atoms. The number of alkyl halides is 3. The maximum Gasteiger partial charge on any atom is 0.392 e. The normalized spacial score (nSPS) is 35.6. The Labute approximate surface area is 177 Å². The first-order chi connectivity index (χ1) is 12.2. The zero-order valence-electron chi connectivity index (χ0n) is 16.4. The molecule has 0 radical (unpaired) electrons. The third-order valence-corrected chi connectivity index (χ3v) is 6.55. The number of aliphatic imine (C=N–C) groups is 1. The van der Waals surface area contributed by atoms with Crippen LogP contribution in [0.4, 0.5) is 13.2 Å². The van der Waals surface area contributed by atoms with Gasteiger partial charge in [-0.1, -0.05) is 26.7 Å². The standard InChI is InChI=1S/C19H32F3N3O.HI/c1-4-23-17(25-15-13-9-10-26-16(13)18(15,2)3)24-11-12-7-5-6-8-14(12)19(20,21)22;/h12-16H,4-11H2,1-3H3,(H2,23,24,25);1H. The molecule has 1 saturated heterocycles. The van der Waals surface area contributed by atoms with Crippen molar-refractivity contribution in [1.82, 2.24) is 10.6 Å². The number of hydrogen-bond donors (Lipinski definition) is 2. The summed E-state index contributed by atoms with van der Waals surface area (Å²) in [4.78, 5) is 4.56. The average Bonchev–Trinajstić information content (AvgIpc) is 3.04. The fourth-order valence-electron chi connectivity index (χ4n) is 5.15. The molecular weight excluding hydrogens is 470 g/mol. The highest BCUT2D eigenvalue weighted by molar-refractivity contribution is 14.0. The second-order valence-corrected chi connectivity index (χ2v) is 8.60. The Morgan fingerprint density at radius 3 is 2.56 bits per heavy atom. The van der Waals surface area contributed by atoms with E-state index in [0.717, 1.165) is 19.4 Å². The second kappa shape index (κ2) is 9.05. The summed E-state index contributed by atoms with van der Waals surface area (Å²) in [6.07, 6.45) is -0.419. The molecule has 158 valence electrons. The molecule has 1 aliphatic heterocycles. The van der Waals surface area contributed by atoms with Gasteiger partial charge in [-0.3, -0.25) is 4.99 Å². The fraction of sp³-hybridized carbons (Fsp3) is 0.947. The third kappa shape index (κ3) is 4.85. The maximum atomic E-state index is 13.3. The Morgan fingerprint density at radius 2 is 1.89 bits per heavy atom. The van der Waals surface area contributed by atoms with Crippen LogP contribution in [0.5, 0.6) is 0 Å². The van der Waals surface area contributed by atoms with Crippen molar-refractivity contribution in [1.29, 1.82) is 0 Å². The van der Waals surface area contributed by atoms with Crippen LogP contribution in [0.15, 0.2) is 4.99 Å². The van der Waals surface area contributed by atoms with Crippen LogP contribution in [0, 0.1) is 23.2 Å². The summed E-state index contributed by atoms with van der Waals surface area (Å²) in [5.74, 6) is -0.513. The number of halogens is 4. The smallest absolute Gasteiger partial charge is 0.377 e. The molecule has 4 nitrogen and oxygen atoms in total. The van der Waals surface area contributed by atoms with Crippen LogP contribution in [0.3, 0.4) is 0 Å². The van der Waals surface area contributed by atoms with Gasteiger partial charge in [0.15, 0.2) is 5.96 Å². The number of nitrogens with zero attached hydrogens (tertiary/aromatic N) is 1. The number of hydrogen-bond acceptors (Lipinski definition) is 2. The number of rotatable bonds is 4. The van der Waals surface area contributed by atoms with Gasteiger partial charge in [0, 0.05) is 37.1 Å². The molecule has 8 heteroatoms. The van der Waals surface area contributed by atoms with Crippen molar-refractivity contribution in [2.75, 3.05) is 19.7 Å². The van der Waals surface area contributed by atoms with E-state index in [9.17, 15) is 13.2 Å². The predicted octanol–water partition coefficient (Wildman–Crippen LogP) is 4.34. The molecule has 1 heterocycles. The summed E-state index contributed by atoms with van der Waals surface area (Å²) in [5, 5.41) is 6.70. The Bertz CT molecular complexity index is 527. The van der Waals surface area contributed by atoms with Crippen LogP contribution in [-0.4, -0.2) is 44.0 Å². The SMILES string of the molecule is CCNC(=NCC1CCCCC1C(F)(F)F)NC1C2CCOC2C1(C)C.I. The van der Waals surface area contributed by atoms with Crippen molar-refractivity contribution in [3.8, 4) is 0 Å². The van der Waals surface area contributed by atoms with Gasteiger partial charge in [-0.25, -0.2) is 0 Å². The summed E-state index contributed by atoms with van der Waals surface area (Å²) in [6.45, 7) is 8.06. The van der Waals surface area contributed by atoms with E-state index in [1.807, 2.05) is 6.92 Å². The minimum atomic E-state index is -4.11. The van der Waals surface area contributed by atoms with Crippen LogP contribution in [0.2, 0.25) is 0 Å². The third-order valence-electron chi connectivity index (χ3n) is 6.55. The summed E-state index contributed by atoms with van der Waals surface area (Å²) >= 11 is 0. The minimum Gasteiger partial charge on any atom is -0.377 e. The van der Waals surface area contributed by atoms with Gasteiger partial charge in [0.25, 0.3) is 0 Å². The van der Waals surface area contributed by atoms with Gasteiger partial charge in [0.05, 0.1) is 12.0 Å². The lowest BCUT2D eigenvalue weighted by molar-refractivity contribution is -0.195. The average molecular weight is 503 g/mol. The molecule has 5 unspecified atom stereocenters. The van der Waals surface area contributed by atoms with Gasteiger partial charge >= 0.3 is 6.18 Å². The molecule has 2 aliphatic carbocycles. The van der Waals surface area contributed by atoms with E-state index in [-0.39, 0.29) is 54.5 Å². The van der Waals surface area contributed by atoms with Crippen LogP contribution in [-0.2, 0) is 4.74 Å². The number of fused-ring (bicyclic) bond motifs is 1. The van der Waals surface area contributed by atoms with Gasteiger partial charge in [-0.05, 0) is 32.1 Å². The van der Waals surface area contributed by atoms with Crippen LogP contribution in [0.25, 0.3) is 0 Å². The van der Waals surface area contributed by atoms with E-state index in [0.29, 0.717) is 31.3 Å². The highest BCUT2D eigenvalue weighted by Crippen LogP contribution is 2.52. The molecule has 3 aliphatic rings. The van der Waals surface area contributed by atoms with Crippen molar-refractivity contribution >= 4 is 29.9 Å². The van der Waals surface area contributed by atoms with Crippen LogP contribution >= 0.6 is 24.0 Å². The highest BCUT2D eigenvalue weighted by atomic mass is 127. The molecular formula is C19H33F3IN3O. The van der Waals surface area contributed by atoms with Gasteiger partial charge < -0.3 is 15.4 Å². The molecule has 0 bridgehead atoms. The summed E-state index contributed by atoms with van der Waals surface area (Å²) in [7, 11) is 0. The Morgan fingerprint density at radius 1 is 1.19 bits per heavy atom. The Kier molecular flexibility index (Phi) is 7.72. The highest BCUT2D eigenvalue weighted by Gasteiger charge is 2.59. The van der Waals surface area contributed by atoms with Gasteiger partial charge in [0.1, 0.15) is 0 Å². The number of guanidine groups is 1. The van der Waals surface area contributed by atoms with E-state index < -0.39 is 18.0 Å². The Balaban J connectivity index is 0.00000261. The quantitative estimate of drug-likeness (QED) is 0.341. The lowest BCUT2D eigenvalue weighted by Gasteiger charge is -2.55. The lowest BCUT2D eigenvalue weighted by atomic mass is 9.57. The first kappa shape index (κ1) is 23.0. The fourth-order valence-corrected chi connectivity index (χ4v) is 5.15. The van der Waals surface area contributed by atoms with E-state index in [2.05, 4.69) is 29.5 Å². The molecule has 3 fully saturated rings. The molecule has 5 atom stereocenters. The minimum absolute atomic E-state index is 0. The number of nitrogens with one attached hydrogen (secondary N) is 2. The van der Waals surface area contributed by atoms with Crippen LogP contribution < -0.4 is 10.6 Å². The molecule has 2 N–H and O–H groups in total. The van der Waals surface area contributed by atoms with E-state index >= 15 is 0 Å². The van der Waals surface area contributed by atoms with Crippen LogP contribution in [0.1, 0.15) is 52.9 Å². The summed E-state index contributed by atoms with van der Waals surface area (Å²) in [6, 6.07) is 0.248. The second-order valence-electron chi connectivity index (χ2n) is 8.60. The molecule has 0 aromatic carbocycles. The topological polar surface area (TPSA) is 45.7 Å². The molecule has 0 aromatic heterocycles. The van der Waals surface area contributed by atoms with E-state index in [1.165, 1.54) is 0 Å². The summed E-state index contributed by atoms with van der Waals surface area (Å²) < 4.78 is 45.7. The van der Waals surface area contributed by atoms with Crippen molar-refractivity contribution in [3.63, 3.8) is 0 Å². The largest absolute Gasteiger partial charge is 0.392 e. The number of ether oxygens (including phenoxy) is 1. The predicted molar refractivity (Wildman–Crippen MR) is 111 cm³/mol. The van der Waals surface area contributed by atoms with Crippen molar-refractivity contribution in [2.45, 2.75) is 71.2 Å². The molecule has 3 rings (SSSR count). The monoisotopic (exact) mass is 503 g/mol. The van der Waals surface area contributed by atoms with Crippen molar-refractivity contribution < 1.29 is 17.9 Å².